The summed E-state index contributed by atoms with van der Waals surface area (Å²) in [6.07, 6.45) is 0. The van der Waals surface area contributed by atoms with Crippen molar-refractivity contribution in [3.8, 4) is 5.75 Å². The van der Waals surface area contributed by atoms with Crippen LogP contribution >= 0.6 is 0 Å². The van der Waals surface area contributed by atoms with Crippen LogP contribution < -0.4 is 9.64 Å². The number of ketones is 1. The van der Waals surface area contributed by atoms with Crippen LogP contribution in [0.1, 0.15) is 40.3 Å². The molecule has 5 aromatic carbocycles. The summed E-state index contributed by atoms with van der Waals surface area (Å²) in [6.45, 7) is 5.07. The van der Waals surface area contributed by atoms with Crippen LogP contribution in [0.2, 0.25) is 0 Å². The van der Waals surface area contributed by atoms with Crippen LogP contribution in [0.3, 0.4) is 0 Å². The van der Waals surface area contributed by atoms with Crippen molar-refractivity contribution in [3.63, 3.8) is 0 Å². The van der Waals surface area contributed by atoms with E-state index in [1.807, 2.05) is 123 Å². The van der Waals surface area contributed by atoms with Crippen molar-refractivity contribution in [2.24, 2.45) is 11.8 Å². The minimum atomic E-state index is -1.62. The van der Waals surface area contributed by atoms with Crippen molar-refractivity contribution < 1.29 is 28.8 Å². The van der Waals surface area contributed by atoms with Gasteiger partial charge in [-0.15, -0.1) is 0 Å². The lowest BCUT2D eigenvalue weighted by Gasteiger charge is -2.39. The molecule has 1 heterocycles. The SMILES string of the molecule is CC(=O)Oc1ccc(N2C(=O)[C@H]3[C@H](C2=O)[C@@]2(c4ccccc4)C(=O)[C@@]3(c3ccccc3)C(c3ccc(C)cc3)=C2c2ccc(C)cc2)cc1[N+](=O)[O-]. The van der Waals surface area contributed by atoms with Crippen molar-refractivity contribution in [1.29, 1.82) is 0 Å². The summed E-state index contributed by atoms with van der Waals surface area (Å²) in [4.78, 5) is 70.7. The highest BCUT2D eigenvalue weighted by Crippen LogP contribution is 2.74. The van der Waals surface area contributed by atoms with Gasteiger partial charge in [0.1, 0.15) is 0 Å². The second-order valence-corrected chi connectivity index (χ2v) is 13.6. The molecule has 0 N–H and O–H groups in total. The standard InChI is InChI=1S/C43H32N2O7/c1-25-14-18-28(19-15-25)35-36(29-20-16-26(2)17-21-29)43(31-12-8-5-9-13-31)38-37(42(35,41(43)49)30-10-6-4-7-11-30)39(47)44(40(38)48)32-22-23-34(52-27(3)46)33(24-32)45(50)51/h4-24,37-38H,1-3H3/t37-,38-,42+,43+/m1/s1. The Kier molecular flexibility index (Phi) is 7.42. The molecule has 5 aromatic rings. The van der Waals surface area contributed by atoms with E-state index in [1.54, 1.807) is 0 Å². The van der Waals surface area contributed by atoms with Gasteiger partial charge in [-0.25, -0.2) is 4.90 Å². The second-order valence-electron chi connectivity index (χ2n) is 13.6. The number of aryl methyl sites for hydroxylation is 2. The highest BCUT2D eigenvalue weighted by molar-refractivity contribution is 6.39. The predicted octanol–water partition coefficient (Wildman–Crippen LogP) is 7.33. The minimum Gasteiger partial charge on any atom is -0.419 e. The molecule has 2 aliphatic carbocycles. The molecule has 2 amide bonds. The van der Waals surface area contributed by atoms with Gasteiger partial charge < -0.3 is 4.74 Å². The highest BCUT2D eigenvalue weighted by atomic mass is 16.6. The molecule has 0 spiro atoms. The molecule has 3 aliphatic rings. The first kappa shape index (κ1) is 32.7. The summed E-state index contributed by atoms with van der Waals surface area (Å²) in [5.41, 5.74) is 2.07. The van der Waals surface area contributed by atoms with Crippen molar-refractivity contribution in [1.82, 2.24) is 0 Å². The molecule has 8 rings (SSSR count). The van der Waals surface area contributed by atoms with Crippen molar-refractivity contribution in [2.45, 2.75) is 31.6 Å². The number of hydrogen-bond acceptors (Lipinski definition) is 7. The number of allylic oxidation sites excluding steroid dienone is 2. The molecule has 1 saturated heterocycles. The molecular weight excluding hydrogens is 656 g/mol. The molecule has 9 nitrogen and oxygen atoms in total. The smallest absolute Gasteiger partial charge is 0.313 e. The molecule has 1 saturated carbocycles. The van der Waals surface area contributed by atoms with Gasteiger partial charge in [0.05, 0.1) is 33.3 Å². The molecule has 256 valence electrons. The van der Waals surface area contributed by atoms with Gasteiger partial charge in [-0.1, -0.05) is 120 Å². The van der Waals surface area contributed by atoms with Crippen LogP contribution in [0.15, 0.2) is 127 Å². The Balaban J connectivity index is 1.49. The summed E-state index contributed by atoms with van der Waals surface area (Å²) in [7, 11) is 0. The van der Waals surface area contributed by atoms with E-state index in [0.29, 0.717) is 22.3 Å². The number of hydrogen-bond donors (Lipinski definition) is 0. The van der Waals surface area contributed by atoms with Gasteiger partial charge in [0, 0.05) is 13.0 Å². The number of carbonyl (C=O) groups excluding carboxylic acids is 4. The van der Waals surface area contributed by atoms with Crippen LogP contribution in [0, 0.1) is 35.8 Å². The number of ether oxygens (including phenoxy) is 1. The van der Waals surface area contributed by atoms with E-state index in [-0.39, 0.29) is 17.2 Å². The molecule has 0 radical (unpaired) electrons. The van der Waals surface area contributed by atoms with E-state index < -0.39 is 51.1 Å². The monoisotopic (exact) mass is 688 g/mol. The first-order chi connectivity index (χ1) is 25.0. The molecule has 52 heavy (non-hydrogen) atoms. The third-order valence-electron chi connectivity index (χ3n) is 10.8. The molecule has 2 fully saturated rings. The van der Waals surface area contributed by atoms with Gasteiger partial charge in [0.2, 0.25) is 17.6 Å². The lowest BCUT2D eigenvalue weighted by atomic mass is 9.59. The van der Waals surface area contributed by atoms with Crippen molar-refractivity contribution in [2.75, 3.05) is 4.90 Å². The molecule has 2 bridgehead atoms. The van der Waals surface area contributed by atoms with Gasteiger partial charge in [-0.3, -0.25) is 29.3 Å². The summed E-state index contributed by atoms with van der Waals surface area (Å²) >= 11 is 0. The number of carbonyl (C=O) groups is 4. The third kappa shape index (κ3) is 4.35. The van der Waals surface area contributed by atoms with Crippen molar-refractivity contribution in [3.05, 3.63) is 171 Å². The fourth-order valence-electron chi connectivity index (χ4n) is 8.85. The van der Waals surface area contributed by atoms with Crippen LogP contribution in [-0.4, -0.2) is 28.5 Å². The van der Waals surface area contributed by atoms with Gasteiger partial charge in [0.15, 0.2) is 5.78 Å². The maximum Gasteiger partial charge on any atom is 0.313 e. The van der Waals surface area contributed by atoms with Crippen molar-refractivity contribution >= 4 is 46.1 Å². The van der Waals surface area contributed by atoms with E-state index in [0.717, 1.165) is 40.1 Å². The number of benzene rings is 5. The number of esters is 1. The van der Waals surface area contributed by atoms with Crippen LogP contribution in [0.4, 0.5) is 11.4 Å². The molecular formula is C43H32N2O7. The average molecular weight is 689 g/mol. The number of Topliss-reactive ketones (excluding diaryl/α,β-unsaturated/α-hetero) is 1. The minimum absolute atomic E-state index is 0.0564. The lowest BCUT2D eigenvalue weighted by molar-refractivity contribution is -0.385. The maximum atomic E-state index is 16.1. The topological polar surface area (TPSA) is 124 Å². The van der Waals surface area contributed by atoms with E-state index in [9.17, 15) is 14.9 Å². The molecule has 0 aromatic heterocycles. The number of nitro groups is 1. The number of rotatable bonds is 7. The molecule has 0 unspecified atom stereocenters. The third-order valence-corrected chi connectivity index (χ3v) is 10.8. The Bertz CT molecular complexity index is 2240. The number of nitrogens with zero attached hydrogens (tertiary/aromatic N) is 2. The van der Waals surface area contributed by atoms with E-state index >= 15 is 14.4 Å². The quantitative estimate of drug-likeness (QED) is 0.0577. The van der Waals surface area contributed by atoms with E-state index in [2.05, 4.69) is 0 Å². The average Bonchev–Trinajstić information content (AvgIpc) is 3.65. The number of imide groups is 1. The highest BCUT2D eigenvalue weighted by Gasteiger charge is 2.82. The van der Waals surface area contributed by atoms with Crippen LogP contribution in [0.5, 0.6) is 5.75 Å². The zero-order valence-corrected chi connectivity index (χ0v) is 28.5. The Labute approximate surface area is 299 Å². The zero-order chi connectivity index (χ0) is 36.5. The summed E-state index contributed by atoms with van der Waals surface area (Å²) in [5.74, 6) is -5.04. The van der Waals surface area contributed by atoms with Crippen LogP contribution in [-0.2, 0) is 30.0 Å². The first-order valence-electron chi connectivity index (χ1n) is 16.9. The second kappa shape index (κ2) is 11.8. The van der Waals surface area contributed by atoms with Gasteiger partial charge in [-0.05, 0) is 59.4 Å². The molecule has 4 atom stereocenters. The summed E-state index contributed by atoms with van der Waals surface area (Å²) in [6, 6.07) is 37.6. The Morgan fingerprint density at radius 3 is 1.52 bits per heavy atom. The van der Waals surface area contributed by atoms with E-state index in [1.165, 1.54) is 12.1 Å². The zero-order valence-electron chi connectivity index (χ0n) is 28.5. The maximum absolute atomic E-state index is 16.1. The summed E-state index contributed by atoms with van der Waals surface area (Å²) < 4.78 is 5.08. The largest absolute Gasteiger partial charge is 0.419 e. The van der Waals surface area contributed by atoms with Gasteiger partial charge in [-0.2, -0.15) is 0 Å². The normalized spacial score (nSPS) is 23.3. The summed E-state index contributed by atoms with van der Waals surface area (Å²) in [5, 5.41) is 12.2. The number of nitro benzene ring substituents is 1. The van der Waals surface area contributed by atoms with Crippen LogP contribution in [0.25, 0.3) is 11.1 Å². The fraction of sp³-hybridized carbons (Fsp3) is 0.163. The van der Waals surface area contributed by atoms with Gasteiger partial charge in [0.25, 0.3) is 0 Å². The lowest BCUT2D eigenvalue weighted by Crippen LogP contribution is -2.45. The number of amides is 2. The Hall–Kier alpha value is -6.48. The first-order valence-corrected chi connectivity index (χ1v) is 16.9. The number of fused-ring (bicyclic) bond motifs is 5. The fourth-order valence-corrected chi connectivity index (χ4v) is 8.85. The van der Waals surface area contributed by atoms with Gasteiger partial charge >= 0.3 is 11.7 Å². The Morgan fingerprint density at radius 1 is 0.673 bits per heavy atom. The van der Waals surface area contributed by atoms with E-state index in [4.69, 9.17) is 4.74 Å². The predicted molar refractivity (Wildman–Crippen MR) is 194 cm³/mol. The molecule has 1 aliphatic heterocycles. The number of anilines is 1. The molecule has 9 heteroatoms. The Morgan fingerprint density at radius 2 is 1.12 bits per heavy atom.